The van der Waals surface area contributed by atoms with Crippen LogP contribution in [0, 0.1) is 11.8 Å². The number of carbonyl (C=O) groups is 2. The lowest BCUT2D eigenvalue weighted by Gasteiger charge is -2.32. The fraction of sp³-hybridized carbons (Fsp3) is 0.667. The van der Waals surface area contributed by atoms with Crippen molar-refractivity contribution in [2.45, 2.75) is 32.1 Å². The molecule has 4 N–H and O–H groups in total. The first-order chi connectivity index (χ1) is 6.07. The third kappa shape index (κ3) is 2.20. The van der Waals surface area contributed by atoms with E-state index >= 15 is 0 Å². The van der Waals surface area contributed by atoms with Crippen molar-refractivity contribution in [3.63, 3.8) is 0 Å². The van der Waals surface area contributed by atoms with Crippen molar-refractivity contribution in [3.05, 3.63) is 6.42 Å². The molecule has 0 aromatic heterocycles. The average Bonchev–Trinajstić information content (AvgIpc) is 2.04. The van der Waals surface area contributed by atoms with Crippen molar-refractivity contribution in [1.29, 1.82) is 0 Å². The summed E-state index contributed by atoms with van der Waals surface area (Å²) in [5.74, 6) is -0.980. The molecular formula is C9H15N2O2. The number of carbonyl (C=O) groups excluding carboxylic acids is 2. The summed E-state index contributed by atoms with van der Waals surface area (Å²) in [6.07, 6.45) is 5.58. The Morgan fingerprint density at radius 1 is 1.08 bits per heavy atom. The van der Waals surface area contributed by atoms with Gasteiger partial charge in [-0.25, -0.2) is 0 Å². The normalized spacial score (nSPS) is 20.9. The smallest absolute Gasteiger partial charge is 0.224 e. The van der Waals surface area contributed by atoms with Gasteiger partial charge in [-0.15, -0.1) is 0 Å². The molecule has 1 radical (unpaired) electrons. The van der Waals surface area contributed by atoms with Crippen molar-refractivity contribution < 1.29 is 9.59 Å². The Labute approximate surface area is 77.7 Å². The van der Waals surface area contributed by atoms with E-state index < -0.39 is 17.2 Å². The summed E-state index contributed by atoms with van der Waals surface area (Å²) in [6, 6.07) is 0. The quantitative estimate of drug-likeness (QED) is 0.650. The largest absolute Gasteiger partial charge is 0.369 e. The molecule has 0 spiro atoms. The molecule has 4 nitrogen and oxygen atoms in total. The Bertz CT molecular complexity index is 220. The summed E-state index contributed by atoms with van der Waals surface area (Å²) >= 11 is 0. The van der Waals surface area contributed by atoms with Crippen LogP contribution in [0.3, 0.4) is 0 Å². The van der Waals surface area contributed by atoms with Crippen LogP contribution in [0.1, 0.15) is 32.1 Å². The maximum atomic E-state index is 11.2. The monoisotopic (exact) mass is 183 g/mol. The molecule has 1 aliphatic carbocycles. The molecule has 1 rings (SSSR count). The molecule has 0 bridgehead atoms. The molecule has 4 heteroatoms. The number of hydrogen-bond donors (Lipinski definition) is 2. The van der Waals surface area contributed by atoms with Crippen molar-refractivity contribution in [3.8, 4) is 0 Å². The van der Waals surface area contributed by atoms with Gasteiger partial charge >= 0.3 is 0 Å². The van der Waals surface area contributed by atoms with E-state index in [1.807, 2.05) is 0 Å². The molecule has 0 aromatic carbocycles. The van der Waals surface area contributed by atoms with Crippen molar-refractivity contribution in [2.75, 3.05) is 0 Å². The molecule has 13 heavy (non-hydrogen) atoms. The van der Waals surface area contributed by atoms with Crippen LogP contribution >= 0.6 is 0 Å². The Morgan fingerprint density at radius 2 is 1.62 bits per heavy atom. The number of nitrogens with two attached hydrogens (primary N) is 2. The molecule has 1 fully saturated rings. The molecule has 0 saturated heterocycles. The van der Waals surface area contributed by atoms with Gasteiger partial charge < -0.3 is 11.5 Å². The van der Waals surface area contributed by atoms with E-state index in [0.717, 1.165) is 19.3 Å². The van der Waals surface area contributed by atoms with Crippen LogP contribution in [0.15, 0.2) is 0 Å². The molecule has 0 heterocycles. The zero-order valence-corrected chi connectivity index (χ0v) is 7.58. The zero-order chi connectivity index (χ0) is 9.90. The third-order valence-electron chi connectivity index (χ3n) is 2.66. The average molecular weight is 183 g/mol. The summed E-state index contributed by atoms with van der Waals surface area (Å²) in [5.41, 5.74) is 9.56. The van der Waals surface area contributed by atoms with E-state index in [0.29, 0.717) is 12.8 Å². The van der Waals surface area contributed by atoms with Gasteiger partial charge in [0.2, 0.25) is 11.8 Å². The first-order valence-electron chi connectivity index (χ1n) is 4.52. The van der Waals surface area contributed by atoms with Gasteiger partial charge in [-0.3, -0.25) is 9.59 Å². The molecule has 73 valence electrons. The van der Waals surface area contributed by atoms with Crippen molar-refractivity contribution in [1.82, 2.24) is 0 Å². The molecule has 1 saturated carbocycles. The van der Waals surface area contributed by atoms with Gasteiger partial charge in [-0.1, -0.05) is 19.3 Å². The Hall–Kier alpha value is -1.06. The lowest BCUT2D eigenvalue weighted by molar-refractivity contribution is -0.130. The topological polar surface area (TPSA) is 86.2 Å². The van der Waals surface area contributed by atoms with Crippen molar-refractivity contribution >= 4 is 11.8 Å². The van der Waals surface area contributed by atoms with Crippen LogP contribution in [-0.4, -0.2) is 11.8 Å². The highest BCUT2D eigenvalue weighted by Gasteiger charge is 2.39. The zero-order valence-electron chi connectivity index (χ0n) is 7.58. The van der Waals surface area contributed by atoms with Crippen LogP contribution in [0.4, 0.5) is 0 Å². The van der Waals surface area contributed by atoms with Gasteiger partial charge in [0, 0.05) is 0 Å². The standard InChI is InChI=1S/C9H15N2O2/c10-7(12)6-9(8(11)13)4-2-1-3-5-9/h6H,1-5H2,(H2,10,12)(H2,11,13). The number of primary amides is 2. The highest BCUT2D eigenvalue weighted by atomic mass is 16.2. The van der Waals surface area contributed by atoms with Gasteiger partial charge in [0.1, 0.15) is 0 Å². The summed E-state index contributed by atoms with van der Waals surface area (Å²) < 4.78 is 0. The van der Waals surface area contributed by atoms with E-state index in [2.05, 4.69) is 0 Å². The first-order valence-corrected chi connectivity index (χ1v) is 4.52. The van der Waals surface area contributed by atoms with Crippen molar-refractivity contribution in [2.24, 2.45) is 16.9 Å². The molecule has 1 aliphatic rings. The summed E-state index contributed by atoms with van der Waals surface area (Å²) in [7, 11) is 0. The molecule has 0 aliphatic heterocycles. The molecule has 0 unspecified atom stereocenters. The van der Waals surface area contributed by atoms with Crippen LogP contribution < -0.4 is 11.5 Å². The lowest BCUT2D eigenvalue weighted by Crippen LogP contribution is -2.42. The van der Waals surface area contributed by atoms with Crippen LogP contribution in [0.2, 0.25) is 0 Å². The second-order valence-electron chi connectivity index (χ2n) is 3.63. The maximum Gasteiger partial charge on any atom is 0.224 e. The Kier molecular flexibility index (Phi) is 2.90. The minimum absolute atomic E-state index is 0.425. The third-order valence-corrected chi connectivity index (χ3v) is 2.66. The SMILES string of the molecule is NC(=O)[CH]C1(C(N)=O)CCCCC1. The van der Waals surface area contributed by atoms with Gasteiger partial charge in [-0.2, -0.15) is 0 Å². The minimum atomic E-state index is -0.760. The fourth-order valence-electron chi connectivity index (χ4n) is 1.92. The maximum absolute atomic E-state index is 11.2. The van der Waals surface area contributed by atoms with E-state index in [1.165, 1.54) is 6.42 Å². The van der Waals surface area contributed by atoms with Crippen LogP contribution in [0.5, 0.6) is 0 Å². The highest BCUT2D eigenvalue weighted by molar-refractivity contribution is 5.93. The predicted molar refractivity (Wildman–Crippen MR) is 48.2 cm³/mol. The van der Waals surface area contributed by atoms with E-state index in [9.17, 15) is 9.59 Å². The number of rotatable bonds is 3. The van der Waals surface area contributed by atoms with E-state index in [4.69, 9.17) is 11.5 Å². The van der Waals surface area contributed by atoms with Crippen LogP contribution in [0.25, 0.3) is 0 Å². The second kappa shape index (κ2) is 3.77. The van der Waals surface area contributed by atoms with Gasteiger partial charge in [0.15, 0.2) is 0 Å². The fourth-order valence-corrected chi connectivity index (χ4v) is 1.92. The summed E-state index contributed by atoms with van der Waals surface area (Å²) in [4.78, 5) is 21.9. The molecule has 2 amide bonds. The highest BCUT2D eigenvalue weighted by Crippen LogP contribution is 2.38. The Morgan fingerprint density at radius 3 is 2.00 bits per heavy atom. The number of hydrogen-bond acceptors (Lipinski definition) is 2. The Balaban J connectivity index is 2.73. The summed E-state index contributed by atoms with van der Waals surface area (Å²) in [6.45, 7) is 0. The minimum Gasteiger partial charge on any atom is -0.369 e. The lowest BCUT2D eigenvalue weighted by atomic mass is 9.71. The molecule has 0 aromatic rings. The van der Waals surface area contributed by atoms with Gasteiger partial charge in [0.05, 0.1) is 11.8 Å². The van der Waals surface area contributed by atoms with Gasteiger partial charge in [0.25, 0.3) is 0 Å². The first kappa shape index (κ1) is 10.0. The molecular weight excluding hydrogens is 168 g/mol. The predicted octanol–water partition coefficient (Wildman–Crippen LogP) is 0.112. The number of amides is 2. The molecule has 0 atom stereocenters. The second-order valence-corrected chi connectivity index (χ2v) is 3.63. The van der Waals surface area contributed by atoms with Gasteiger partial charge in [-0.05, 0) is 12.8 Å². The van der Waals surface area contributed by atoms with E-state index in [1.54, 1.807) is 0 Å². The van der Waals surface area contributed by atoms with Crippen LogP contribution in [-0.2, 0) is 9.59 Å². The summed E-state index contributed by atoms with van der Waals surface area (Å²) in [5, 5.41) is 0. The van der Waals surface area contributed by atoms with E-state index in [-0.39, 0.29) is 0 Å².